The quantitative estimate of drug-likeness (QED) is 0.571. The lowest BCUT2D eigenvalue weighted by molar-refractivity contribution is -0.128. The van der Waals surface area contributed by atoms with Crippen LogP contribution in [0.15, 0.2) is 53.4 Å². The Morgan fingerprint density at radius 1 is 1.17 bits per heavy atom. The van der Waals surface area contributed by atoms with Crippen LogP contribution in [0.1, 0.15) is 24.5 Å². The lowest BCUT2D eigenvalue weighted by atomic mass is 10.1. The highest BCUT2D eigenvalue weighted by Crippen LogP contribution is 2.21. The topological polar surface area (TPSA) is 38.3 Å². The van der Waals surface area contributed by atoms with E-state index in [0.717, 1.165) is 17.1 Å². The van der Waals surface area contributed by atoms with Gasteiger partial charge in [0.25, 0.3) is 5.91 Å². The Bertz CT molecular complexity index is 658. The fourth-order valence-corrected chi connectivity index (χ4v) is 3.17. The van der Waals surface area contributed by atoms with Crippen molar-refractivity contribution >= 4 is 17.7 Å². The van der Waals surface area contributed by atoms with E-state index < -0.39 is 6.10 Å². The second-order valence-electron chi connectivity index (χ2n) is 5.74. The molecular formula is C20H25NO2S. The van der Waals surface area contributed by atoms with Crippen molar-refractivity contribution in [2.24, 2.45) is 0 Å². The minimum absolute atomic E-state index is 0.0499. The molecular weight excluding hydrogens is 318 g/mol. The van der Waals surface area contributed by atoms with Crippen LogP contribution in [0, 0.1) is 13.8 Å². The summed E-state index contributed by atoms with van der Waals surface area (Å²) in [6, 6.07) is 16.2. The zero-order valence-corrected chi connectivity index (χ0v) is 15.4. The van der Waals surface area contributed by atoms with Crippen molar-refractivity contribution in [2.45, 2.75) is 38.2 Å². The highest BCUT2D eigenvalue weighted by atomic mass is 32.2. The van der Waals surface area contributed by atoms with Gasteiger partial charge in [-0.05, 0) is 44.0 Å². The van der Waals surface area contributed by atoms with Crippen molar-refractivity contribution in [2.75, 3.05) is 12.3 Å². The number of carbonyl (C=O) groups excluding carboxylic acids is 1. The van der Waals surface area contributed by atoms with Gasteiger partial charge in [-0.25, -0.2) is 0 Å². The average molecular weight is 343 g/mol. The number of hydrogen-bond donors (Lipinski definition) is 1. The van der Waals surface area contributed by atoms with Gasteiger partial charge in [0.15, 0.2) is 6.10 Å². The smallest absolute Gasteiger partial charge is 0.261 e. The highest BCUT2D eigenvalue weighted by molar-refractivity contribution is 7.99. The molecule has 0 aliphatic heterocycles. The fourth-order valence-electron chi connectivity index (χ4n) is 2.38. The fraction of sp³-hybridized carbons (Fsp3) is 0.350. The standard InChI is InChI=1S/C20H25NO2S/c1-4-18(23-19-11-10-15(2)14-16(19)3)20(22)21-12-13-24-17-8-6-5-7-9-17/h5-11,14,18H,4,12-13H2,1-3H3,(H,21,22). The van der Waals surface area contributed by atoms with Crippen LogP contribution in [0.5, 0.6) is 5.75 Å². The third kappa shape index (κ3) is 5.60. The van der Waals surface area contributed by atoms with Crippen molar-refractivity contribution in [3.63, 3.8) is 0 Å². The summed E-state index contributed by atoms with van der Waals surface area (Å²) in [6.45, 7) is 6.65. The number of nitrogens with one attached hydrogen (secondary N) is 1. The predicted octanol–water partition coefficient (Wildman–Crippen LogP) is 4.37. The number of thioether (sulfide) groups is 1. The van der Waals surface area contributed by atoms with Gasteiger partial charge in [-0.1, -0.05) is 42.8 Å². The number of ether oxygens (including phenoxy) is 1. The molecule has 128 valence electrons. The summed E-state index contributed by atoms with van der Waals surface area (Å²) >= 11 is 1.73. The molecule has 2 rings (SSSR count). The molecule has 1 N–H and O–H groups in total. The lowest BCUT2D eigenvalue weighted by Gasteiger charge is -2.18. The van der Waals surface area contributed by atoms with E-state index in [2.05, 4.69) is 23.5 Å². The van der Waals surface area contributed by atoms with Gasteiger partial charge in [0.1, 0.15) is 5.75 Å². The summed E-state index contributed by atoms with van der Waals surface area (Å²) < 4.78 is 5.91. The summed E-state index contributed by atoms with van der Waals surface area (Å²) in [4.78, 5) is 13.5. The average Bonchev–Trinajstić information content (AvgIpc) is 2.59. The Morgan fingerprint density at radius 2 is 1.92 bits per heavy atom. The number of hydrogen-bond acceptors (Lipinski definition) is 3. The van der Waals surface area contributed by atoms with Gasteiger partial charge in [-0.2, -0.15) is 0 Å². The van der Waals surface area contributed by atoms with E-state index in [0.29, 0.717) is 13.0 Å². The predicted molar refractivity (Wildman–Crippen MR) is 101 cm³/mol. The van der Waals surface area contributed by atoms with Gasteiger partial charge in [-0.3, -0.25) is 4.79 Å². The largest absolute Gasteiger partial charge is 0.480 e. The third-order valence-electron chi connectivity index (χ3n) is 3.68. The van der Waals surface area contributed by atoms with Crippen molar-refractivity contribution in [3.8, 4) is 5.75 Å². The molecule has 0 aliphatic carbocycles. The van der Waals surface area contributed by atoms with E-state index in [4.69, 9.17) is 4.74 Å². The van der Waals surface area contributed by atoms with Crippen LogP contribution < -0.4 is 10.1 Å². The number of aryl methyl sites for hydroxylation is 2. The summed E-state index contributed by atoms with van der Waals surface area (Å²) in [5.41, 5.74) is 2.25. The lowest BCUT2D eigenvalue weighted by Crippen LogP contribution is -2.39. The minimum Gasteiger partial charge on any atom is -0.480 e. The first-order chi connectivity index (χ1) is 11.6. The number of amides is 1. The number of benzene rings is 2. The second kappa shape index (κ2) is 9.38. The first kappa shape index (κ1) is 18.4. The molecule has 0 heterocycles. The molecule has 0 spiro atoms. The van der Waals surface area contributed by atoms with Crippen molar-refractivity contribution in [1.29, 1.82) is 0 Å². The maximum absolute atomic E-state index is 12.3. The van der Waals surface area contributed by atoms with E-state index in [1.165, 1.54) is 10.5 Å². The molecule has 3 nitrogen and oxygen atoms in total. The summed E-state index contributed by atoms with van der Waals surface area (Å²) in [5.74, 6) is 1.57. The van der Waals surface area contributed by atoms with Crippen molar-refractivity contribution < 1.29 is 9.53 Å². The molecule has 0 saturated heterocycles. The Morgan fingerprint density at radius 3 is 2.58 bits per heavy atom. The van der Waals surface area contributed by atoms with Crippen molar-refractivity contribution in [3.05, 3.63) is 59.7 Å². The Hall–Kier alpha value is -1.94. The van der Waals surface area contributed by atoms with Gasteiger partial charge in [-0.15, -0.1) is 11.8 Å². The van der Waals surface area contributed by atoms with Crippen LogP contribution >= 0.6 is 11.8 Å². The molecule has 1 amide bonds. The zero-order valence-electron chi connectivity index (χ0n) is 14.5. The molecule has 1 unspecified atom stereocenters. The highest BCUT2D eigenvalue weighted by Gasteiger charge is 2.18. The first-order valence-corrected chi connectivity index (χ1v) is 9.28. The molecule has 24 heavy (non-hydrogen) atoms. The van der Waals surface area contributed by atoms with E-state index in [1.807, 2.05) is 51.1 Å². The molecule has 0 aromatic heterocycles. The van der Waals surface area contributed by atoms with Gasteiger partial charge in [0.05, 0.1) is 0 Å². The Balaban J connectivity index is 1.80. The van der Waals surface area contributed by atoms with Crippen LogP contribution in [0.25, 0.3) is 0 Å². The zero-order chi connectivity index (χ0) is 17.4. The molecule has 0 fully saturated rings. The van der Waals surface area contributed by atoms with Gasteiger partial charge in [0.2, 0.25) is 0 Å². The van der Waals surface area contributed by atoms with E-state index in [9.17, 15) is 4.79 Å². The molecule has 2 aromatic rings. The number of rotatable bonds is 8. The van der Waals surface area contributed by atoms with Crippen LogP contribution in [-0.2, 0) is 4.79 Å². The molecule has 0 radical (unpaired) electrons. The van der Waals surface area contributed by atoms with Gasteiger partial charge < -0.3 is 10.1 Å². The van der Waals surface area contributed by atoms with Crippen LogP contribution in [-0.4, -0.2) is 24.3 Å². The molecule has 4 heteroatoms. The van der Waals surface area contributed by atoms with Crippen LogP contribution in [0.2, 0.25) is 0 Å². The molecule has 0 bridgehead atoms. The van der Waals surface area contributed by atoms with E-state index >= 15 is 0 Å². The molecule has 0 aliphatic rings. The van der Waals surface area contributed by atoms with E-state index in [1.54, 1.807) is 11.8 Å². The Labute approximate surface area is 148 Å². The van der Waals surface area contributed by atoms with Gasteiger partial charge >= 0.3 is 0 Å². The second-order valence-corrected chi connectivity index (χ2v) is 6.90. The molecule has 1 atom stereocenters. The third-order valence-corrected chi connectivity index (χ3v) is 4.69. The first-order valence-electron chi connectivity index (χ1n) is 8.29. The number of carbonyl (C=O) groups is 1. The maximum Gasteiger partial charge on any atom is 0.261 e. The Kier molecular flexibility index (Phi) is 7.19. The molecule has 2 aromatic carbocycles. The van der Waals surface area contributed by atoms with Crippen LogP contribution in [0.3, 0.4) is 0 Å². The molecule has 0 saturated carbocycles. The SMILES string of the molecule is CCC(Oc1ccc(C)cc1C)C(=O)NCCSc1ccccc1. The van der Waals surface area contributed by atoms with Crippen LogP contribution in [0.4, 0.5) is 0 Å². The maximum atomic E-state index is 12.3. The van der Waals surface area contributed by atoms with E-state index in [-0.39, 0.29) is 5.91 Å². The van der Waals surface area contributed by atoms with Gasteiger partial charge in [0, 0.05) is 17.2 Å². The summed E-state index contributed by atoms with van der Waals surface area (Å²) in [7, 11) is 0. The summed E-state index contributed by atoms with van der Waals surface area (Å²) in [6.07, 6.45) is 0.193. The normalized spacial score (nSPS) is 11.8. The monoisotopic (exact) mass is 343 g/mol. The summed E-state index contributed by atoms with van der Waals surface area (Å²) in [5, 5.41) is 2.97. The minimum atomic E-state index is -0.451. The van der Waals surface area contributed by atoms with Crippen molar-refractivity contribution in [1.82, 2.24) is 5.32 Å².